The van der Waals surface area contributed by atoms with Gasteiger partial charge in [-0.25, -0.2) is 4.68 Å². The molecule has 0 aromatic carbocycles. The van der Waals surface area contributed by atoms with Crippen LogP contribution in [0.1, 0.15) is 48.2 Å². The van der Waals surface area contributed by atoms with Crippen molar-refractivity contribution in [3.63, 3.8) is 0 Å². The van der Waals surface area contributed by atoms with Gasteiger partial charge >= 0.3 is 0 Å². The Morgan fingerprint density at radius 1 is 1.14 bits per heavy atom. The molecule has 0 unspecified atom stereocenters. The third kappa shape index (κ3) is 3.65. The summed E-state index contributed by atoms with van der Waals surface area (Å²) in [6, 6.07) is 1.84. The Morgan fingerprint density at radius 3 is 2.89 bits per heavy atom. The maximum atomic E-state index is 12.4. The number of piperidine rings is 1. The Bertz CT molecular complexity index is 895. The fraction of sp³-hybridized carbons (Fsp3) is 0.667. The second-order valence-electron chi connectivity index (χ2n) is 8.46. The van der Waals surface area contributed by atoms with Gasteiger partial charge < -0.3 is 4.74 Å². The Labute approximate surface area is 165 Å². The van der Waals surface area contributed by atoms with E-state index in [0.29, 0.717) is 12.5 Å². The maximum Gasteiger partial charge on any atom is 0.267 e. The molecule has 1 saturated heterocycles. The second-order valence-corrected chi connectivity index (χ2v) is 8.46. The molecule has 4 heterocycles. The van der Waals surface area contributed by atoms with Crippen molar-refractivity contribution in [1.82, 2.24) is 24.5 Å². The molecular weight excluding hydrogens is 354 g/mol. The first-order valence-electron chi connectivity index (χ1n) is 10.7. The van der Waals surface area contributed by atoms with Gasteiger partial charge in [0.1, 0.15) is 0 Å². The van der Waals surface area contributed by atoms with E-state index >= 15 is 0 Å². The molecule has 7 heteroatoms. The van der Waals surface area contributed by atoms with E-state index in [-0.39, 0.29) is 5.56 Å². The Morgan fingerprint density at radius 2 is 2.00 bits per heavy atom. The fourth-order valence-electron chi connectivity index (χ4n) is 4.81. The molecular formula is C21H29N5O2. The minimum atomic E-state index is 0.0783. The summed E-state index contributed by atoms with van der Waals surface area (Å²) in [6.07, 6.45) is 8.65. The van der Waals surface area contributed by atoms with E-state index in [4.69, 9.17) is 9.84 Å². The topological polar surface area (TPSA) is 65.2 Å². The molecule has 0 N–H and O–H groups in total. The van der Waals surface area contributed by atoms with Crippen LogP contribution in [0.25, 0.3) is 0 Å². The number of aromatic nitrogens is 4. The second kappa shape index (κ2) is 7.79. The van der Waals surface area contributed by atoms with Crippen LogP contribution in [0, 0.1) is 5.92 Å². The smallest absolute Gasteiger partial charge is 0.267 e. The molecule has 0 bridgehead atoms. The minimum absolute atomic E-state index is 0.0783. The standard InChI is InChI=1S/C21H29N5O2/c27-21-11-17-3-1-2-4-19(17)23-26(21)13-16-5-7-24(8-6-16)14-18-12-22-25-9-10-28-15-20(18)25/h11-12,16H,1-10,13-15H2. The average molecular weight is 383 g/mol. The lowest BCUT2D eigenvalue weighted by Crippen LogP contribution is -2.37. The zero-order chi connectivity index (χ0) is 18.9. The molecule has 150 valence electrons. The van der Waals surface area contributed by atoms with E-state index < -0.39 is 0 Å². The predicted octanol–water partition coefficient (Wildman–Crippen LogP) is 1.76. The number of aryl methyl sites for hydroxylation is 2. The van der Waals surface area contributed by atoms with Crippen molar-refractivity contribution in [3.8, 4) is 0 Å². The molecule has 0 radical (unpaired) electrons. The zero-order valence-corrected chi connectivity index (χ0v) is 16.5. The lowest BCUT2D eigenvalue weighted by Gasteiger charge is -2.32. The molecule has 28 heavy (non-hydrogen) atoms. The first-order valence-corrected chi connectivity index (χ1v) is 10.7. The van der Waals surface area contributed by atoms with Gasteiger partial charge in [-0.05, 0) is 63.1 Å². The number of likely N-dealkylation sites (tertiary alicyclic amines) is 1. The molecule has 3 aliphatic rings. The van der Waals surface area contributed by atoms with Crippen LogP contribution in [0.15, 0.2) is 17.1 Å². The molecule has 2 aliphatic heterocycles. The van der Waals surface area contributed by atoms with Crippen LogP contribution >= 0.6 is 0 Å². The van der Waals surface area contributed by atoms with Crippen molar-refractivity contribution in [2.75, 3.05) is 19.7 Å². The maximum absolute atomic E-state index is 12.4. The van der Waals surface area contributed by atoms with Crippen molar-refractivity contribution < 1.29 is 4.74 Å². The first-order chi connectivity index (χ1) is 13.8. The Hall–Kier alpha value is -1.99. The van der Waals surface area contributed by atoms with Gasteiger partial charge in [-0.3, -0.25) is 14.4 Å². The fourth-order valence-corrected chi connectivity index (χ4v) is 4.81. The Balaban J connectivity index is 1.19. The summed E-state index contributed by atoms with van der Waals surface area (Å²) < 4.78 is 9.41. The van der Waals surface area contributed by atoms with Crippen LogP contribution in [-0.4, -0.2) is 44.2 Å². The summed E-state index contributed by atoms with van der Waals surface area (Å²) in [6.45, 7) is 6.14. The molecule has 2 aromatic heterocycles. The number of rotatable bonds is 4. The largest absolute Gasteiger partial charge is 0.373 e. The minimum Gasteiger partial charge on any atom is -0.373 e. The average Bonchev–Trinajstić information content (AvgIpc) is 3.13. The molecule has 1 fully saturated rings. The quantitative estimate of drug-likeness (QED) is 0.805. The molecule has 0 amide bonds. The van der Waals surface area contributed by atoms with E-state index in [9.17, 15) is 4.79 Å². The van der Waals surface area contributed by atoms with Gasteiger partial charge in [0.2, 0.25) is 0 Å². The highest BCUT2D eigenvalue weighted by Crippen LogP contribution is 2.23. The highest BCUT2D eigenvalue weighted by atomic mass is 16.5. The van der Waals surface area contributed by atoms with Crippen molar-refractivity contribution in [2.24, 2.45) is 5.92 Å². The van der Waals surface area contributed by atoms with Gasteiger partial charge in [0.05, 0.1) is 37.3 Å². The third-order valence-corrected chi connectivity index (χ3v) is 6.53. The van der Waals surface area contributed by atoms with Crippen LogP contribution < -0.4 is 5.56 Å². The zero-order valence-electron chi connectivity index (χ0n) is 16.5. The summed E-state index contributed by atoms with van der Waals surface area (Å²) in [5, 5.41) is 9.20. The molecule has 0 saturated carbocycles. The normalized spacial score (nSPS) is 20.7. The van der Waals surface area contributed by atoms with Gasteiger partial charge in [0.15, 0.2) is 0 Å². The van der Waals surface area contributed by atoms with Crippen LogP contribution in [0.3, 0.4) is 0 Å². The van der Waals surface area contributed by atoms with Gasteiger partial charge in [0, 0.05) is 24.7 Å². The molecule has 0 atom stereocenters. The molecule has 5 rings (SSSR count). The monoisotopic (exact) mass is 383 g/mol. The lowest BCUT2D eigenvalue weighted by atomic mass is 9.95. The van der Waals surface area contributed by atoms with Crippen LogP contribution in [0.2, 0.25) is 0 Å². The number of fused-ring (bicyclic) bond motifs is 2. The molecule has 1 aliphatic carbocycles. The summed E-state index contributed by atoms with van der Waals surface area (Å²) >= 11 is 0. The molecule has 0 spiro atoms. The van der Waals surface area contributed by atoms with Crippen molar-refractivity contribution in [2.45, 2.75) is 64.8 Å². The highest BCUT2D eigenvalue weighted by Gasteiger charge is 2.23. The SMILES string of the molecule is O=c1cc2c(nn1CC1CCN(Cc3cnn4c3COCC4)CC1)CCCC2. The van der Waals surface area contributed by atoms with E-state index in [1.807, 2.05) is 12.3 Å². The molecule has 7 nitrogen and oxygen atoms in total. The van der Waals surface area contributed by atoms with Gasteiger partial charge in [-0.1, -0.05) is 0 Å². The first kappa shape index (κ1) is 18.1. The van der Waals surface area contributed by atoms with Crippen molar-refractivity contribution >= 4 is 0 Å². The van der Waals surface area contributed by atoms with Gasteiger partial charge in [0.25, 0.3) is 5.56 Å². The number of hydrogen-bond acceptors (Lipinski definition) is 5. The van der Waals surface area contributed by atoms with Crippen LogP contribution in [0.5, 0.6) is 0 Å². The summed E-state index contributed by atoms with van der Waals surface area (Å²) in [4.78, 5) is 15.0. The van der Waals surface area contributed by atoms with E-state index in [0.717, 1.165) is 70.7 Å². The summed E-state index contributed by atoms with van der Waals surface area (Å²) in [7, 11) is 0. The van der Waals surface area contributed by atoms with E-state index in [1.54, 1.807) is 4.68 Å². The Kier molecular flexibility index (Phi) is 5.03. The van der Waals surface area contributed by atoms with E-state index in [1.165, 1.54) is 29.7 Å². The highest BCUT2D eigenvalue weighted by molar-refractivity contribution is 5.20. The van der Waals surface area contributed by atoms with Crippen LogP contribution in [-0.2, 0) is 43.8 Å². The third-order valence-electron chi connectivity index (χ3n) is 6.53. The predicted molar refractivity (Wildman–Crippen MR) is 105 cm³/mol. The van der Waals surface area contributed by atoms with Gasteiger partial charge in [-0.15, -0.1) is 0 Å². The van der Waals surface area contributed by atoms with E-state index in [2.05, 4.69) is 14.7 Å². The van der Waals surface area contributed by atoms with Crippen molar-refractivity contribution in [1.29, 1.82) is 0 Å². The van der Waals surface area contributed by atoms with Gasteiger partial charge in [-0.2, -0.15) is 10.2 Å². The van der Waals surface area contributed by atoms with Crippen molar-refractivity contribution in [3.05, 3.63) is 45.1 Å². The number of nitrogens with zero attached hydrogens (tertiary/aromatic N) is 5. The lowest BCUT2D eigenvalue weighted by molar-refractivity contribution is 0.0782. The summed E-state index contributed by atoms with van der Waals surface area (Å²) in [5.74, 6) is 0.535. The summed E-state index contributed by atoms with van der Waals surface area (Å²) in [5.41, 5.74) is 4.94. The molecule has 2 aromatic rings. The van der Waals surface area contributed by atoms with Crippen LogP contribution in [0.4, 0.5) is 0 Å². The number of hydrogen-bond donors (Lipinski definition) is 0. The number of ether oxygens (including phenoxy) is 1.